The van der Waals surface area contributed by atoms with Crippen LogP contribution in [0, 0.1) is 5.82 Å². The number of nitrogens with zero attached hydrogens (tertiary/aromatic N) is 5. The molecule has 0 saturated carbocycles. The molecule has 0 atom stereocenters. The monoisotopic (exact) mass is 562 g/mol. The van der Waals surface area contributed by atoms with Crippen molar-refractivity contribution in [1.29, 1.82) is 0 Å². The molecule has 0 aliphatic carbocycles. The highest BCUT2D eigenvalue weighted by molar-refractivity contribution is 14.0. The lowest BCUT2D eigenvalue weighted by atomic mass is 10.3. The standard InChI is InChI=1S/C24H27FN6O.HI/c1-2-26-24(31-14-12-30(13-15-31)22-8-3-4-11-27-22)29-18-19-9-10-23(28-17-19)32-21-7-5-6-20(25)16-21;/h3-11,16-17H,2,12-15,18H2,1H3,(H,26,29);1H. The van der Waals surface area contributed by atoms with Crippen molar-refractivity contribution in [3.8, 4) is 11.6 Å². The summed E-state index contributed by atoms with van der Waals surface area (Å²) in [5, 5.41) is 3.39. The first-order valence-electron chi connectivity index (χ1n) is 10.8. The van der Waals surface area contributed by atoms with Crippen molar-refractivity contribution in [3.63, 3.8) is 0 Å². The summed E-state index contributed by atoms with van der Waals surface area (Å²) in [5.41, 5.74) is 0.971. The zero-order chi connectivity index (χ0) is 22.2. The Kier molecular flexibility index (Phi) is 9.23. The first-order valence-corrected chi connectivity index (χ1v) is 10.8. The number of hydrogen-bond donors (Lipinski definition) is 1. The third kappa shape index (κ3) is 7.01. The average molecular weight is 562 g/mol. The predicted octanol–water partition coefficient (Wildman–Crippen LogP) is 4.31. The Balaban J connectivity index is 0.00000306. The largest absolute Gasteiger partial charge is 0.439 e. The summed E-state index contributed by atoms with van der Waals surface area (Å²) in [6.07, 6.45) is 3.57. The molecule has 0 spiro atoms. The number of nitrogens with one attached hydrogen (secondary N) is 1. The first kappa shape index (κ1) is 24.7. The molecule has 4 rings (SSSR count). The molecule has 7 nitrogen and oxygen atoms in total. The van der Waals surface area contributed by atoms with Gasteiger partial charge in [-0.25, -0.2) is 19.4 Å². The van der Waals surface area contributed by atoms with Crippen molar-refractivity contribution in [2.75, 3.05) is 37.6 Å². The summed E-state index contributed by atoms with van der Waals surface area (Å²) in [6, 6.07) is 15.7. The normalized spacial score (nSPS) is 13.9. The van der Waals surface area contributed by atoms with Crippen LogP contribution in [0.15, 0.2) is 72.0 Å². The molecular weight excluding hydrogens is 534 g/mol. The number of piperazine rings is 1. The maximum absolute atomic E-state index is 13.3. The minimum atomic E-state index is -0.342. The second-order valence-corrected chi connectivity index (χ2v) is 7.40. The number of hydrogen-bond acceptors (Lipinski definition) is 5. The van der Waals surface area contributed by atoms with Crippen molar-refractivity contribution >= 4 is 35.8 Å². The number of guanidine groups is 1. The van der Waals surface area contributed by atoms with Gasteiger partial charge in [0, 0.05) is 57.3 Å². The lowest BCUT2D eigenvalue weighted by Crippen LogP contribution is -2.52. The Bertz CT molecular complexity index is 1030. The molecule has 0 amide bonds. The SMILES string of the molecule is CCNC(=NCc1ccc(Oc2cccc(F)c2)nc1)N1CCN(c2ccccn2)CC1.I. The van der Waals surface area contributed by atoms with Crippen LogP contribution in [0.4, 0.5) is 10.2 Å². The number of ether oxygens (including phenoxy) is 1. The Morgan fingerprint density at radius 1 is 1.06 bits per heavy atom. The third-order valence-electron chi connectivity index (χ3n) is 5.11. The number of aliphatic imine (C=N–C) groups is 1. The molecule has 33 heavy (non-hydrogen) atoms. The van der Waals surface area contributed by atoms with E-state index in [2.05, 4.69) is 32.0 Å². The molecule has 1 saturated heterocycles. The molecule has 0 bridgehead atoms. The first-order chi connectivity index (χ1) is 15.7. The molecule has 1 aliphatic rings. The smallest absolute Gasteiger partial charge is 0.219 e. The minimum absolute atomic E-state index is 0. The van der Waals surface area contributed by atoms with E-state index < -0.39 is 0 Å². The molecule has 0 unspecified atom stereocenters. The van der Waals surface area contributed by atoms with Crippen molar-refractivity contribution < 1.29 is 9.13 Å². The molecule has 1 N–H and O–H groups in total. The van der Waals surface area contributed by atoms with Gasteiger partial charge >= 0.3 is 0 Å². The van der Waals surface area contributed by atoms with Crippen molar-refractivity contribution in [2.24, 2.45) is 4.99 Å². The Morgan fingerprint density at radius 2 is 1.91 bits per heavy atom. The predicted molar refractivity (Wildman–Crippen MR) is 139 cm³/mol. The fraction of sp³-hybridized carbons (Fsp3) is 0.292. The highest BCUT2D eigenvalue weighted by atomic mass is 127. The van der Waals surface area contributed by atoms with E-state index in [0.717, 1.165) is 50.1 Å². The fourth-order valence-corrected chi connectivity index (χ4v) is 3.50. The van der Waals surface area contributed by atoms with Crippen molar-refractivity contribution in [2.45, 2.75) is 13.5 Å². The number of anilines is 1. The van der Waals surface area contributed by atoms with Gasteiger partial charge in [-0.3, -0.25) is 0 Å². The van der Waals surface area contributed by atoms with E-state index in [9.17, 15) is 4.39 Å². The number of rotatable bonds is 6. The molecule has 9 heteroatoms. The van der Waals surface area contributed by atoms with Gasteiger partial charge in [0.1, 0.15) is 17.4 Å². The summed E-state index contributed by atoms with van der Waals surface area (Å²) in [7, 11) is 0. The average Bonchev–Trinajstić information content (AvgIpc) is 2.83. The molecule has 3 aromatic rings. The molecule has 3 heterocycles. The van der Waals surface area contributed by atoms with E-state index in [-0.39, 0.29) is 29.8 Å². The molecule has 1 aromatic carbocycles. The van der Waals surface area contributed by atoms with Gasteiger partial charge in [0.2, 0.25) is 5.88 Å². The van der Waals surface area contributed by atoms with Gasteiger partial charge in [0.05, 0.1) is 6.54 Å². The summed E-state index contributed by atoms with van der Waals surface area (Å²) < 4.78 is 18.9. The quantitative estimate of drug-likeness (QED) is 0.275. The van der Waals surface area contributed by atoms with Crippen LogP contribution < -0.4 is 15.0 Å². The number of halogens is 2. The van der Waals surface area contributed by atoms with Crippen LogP contribution >= 0.6 is 24.0 Å². The Morgan fingerprint density at radius 3 is 2.58 bits per heavy atom. The molecule has 174 valence electrons. The van der Waals surface area contributed by atoms with Gasteiger partial charge in [-0.2, -0.15) is 0 Å². The number of aromatic nitrogens is 2. The molecule has 1 aliphatic heterocycles. The molecule has 1 fully saturated rings. The summed E-state index contributed by atoms with van der Waals surface area (Å²) >= 11 is 0. The number of benzene rings is 1. The van der Waals surface area contributed by atoms with Crippen LogP contribution in [0.2, 0.25) is 0 Å². The third-order valence-corrected chi connectivity index (χ3v) is 5.11. The van der Waals surface area contributed by atoms with E-state index in [4.69, 9.17) is 9.73 Å². The highest BCUT2D eigenvalue weighted by Crippen LogP contribution is 2.20. The van der Waals surface area contributed by atoms with Crippen molar-refractivity contribution in [3.05, 3.63) is 78.4 Å². The van der Waals surface area contributed by atoms with E-state index in [1.54, 1.807) is 24.4 Å². The minimum Gasteiger partial charge on any atom is -0.439 e. The molecule has 0 radical (unpaired) electrons. The number of pyridine rings is 2. The van der Waals surface area contributed by atoms with Gasteiger partial charge < -0.3 is 19.9 Å². The zero-order valence-electron chi connectivity index (χ0n) is 18.5. The fourth-order valence-electron chi connectivity index (χ4n) is 3.50. The van der Waals surface area contributed by atoms with Crippen LogP contribution in [0.3, 0.4) is 0 Å². The topological polar surface area (TPSA) is 65.9 Å². The van der Waals surface area contributed by atoms with Gasteiger partial charge in [-0.1, -0.05) is 18.2 Å². The van der Waals surface area contributed by atoms with E-state index >= 15 is 0 Å². The van der Waals surface area contributed by atoms with Crippen LogP contribution in [-0.4, -0.2) is 53.6 Å². The lowest BCUT2D eigenvalue weighted by molar-refractivity contribution is 0.371. The Labute approximate surface area is 210 Å². The summed E-state index contributed by atoms with van der Waals surface area (Å²) in [4.78, 5) is 18.1. The van der Waals surface area contributed by atoms with E-state index in [1.165, 1.54) is 12.1 Å². The molecule has 2 aromatic heterocycles. The van der Waals surface area contributed by atoms with Gasteiger partial charge in [-0.05, 0) is 36.8 Å². The van der Waals surface area contributed by atoms with Gasteiger partial charge in [0.25, 0.3) is 0 Å². The van der Waals surface area contributed by atoms with E-state index in [1.807, 2.05) is 30.5 Å². The van der Waals surface area contributed by atoms with Crippen LogP contribution in [0.5, 0.6) is 11.6 Å². The second kappa shape index (κ2) is 12.3. The summed E-state index contributed by atoms with van der Waals surface area (Å²) in [6.45, 7) is 6.93. The maximum Gasteiger partial charge on any atom is 0.219 e. The second-order valence-electron chi connectivity index (χ2n) is 7.40. The van der Waals surface area contributed by atoms with Crippen molar-refractivity contribution in [1.82, 2.24) is 20.2 Å². The summed E-state index contributed by atoms with van der Waals surface area (Å²) in [5.74, 6) is 2.41. The van der Waals surface area contributed by atoms with Gasteiger partial charge in [0.15, 0.2) is 5.96 Å². The van der Waals surface area contributed by atoms with Crippen LogP contribution in [-0.2, 0) is 6.54 Å². The van der Waals surface area contributed by atoms with Crippen LogP contribution in [0.25, 0.3) is 0 Å². The Hall–Kier alpha value is -2.95. The lowest BCUT2D eigenvalue weighted by Gasteiger charge is -2.37. The molecular formula is C24H28FIN6O. The zero-order valence-corrected chi connectivity index (χ0v) is 20.9. The highest BCUT2D eigenvalue weighted by Gasteiger charge is 2.20. The van der Waals surface area contributed by atoms with E-state index in [0.29, 0.717) is 18.2 Å². The van der Waals surface area contributed by atoms with Crippen LogP contribution in [0.1, 0.15) is 12.5 Å². The maximum atomic E-state index is 13.3. The van der Waals surface area contributed by atoms with Gasteiger partial charge in [-0.15, -0.1) is 24.0 Å².